The highest BCUT2D eigenvalue weighted by Crippen LogP contribution is 2.34. The number of hydrogen-bond donors (Lipinski definition) is 1. The van der Waals surface area contributed by atoms with E-state index in [4.69, 9.17) is 4.42 Å². The van der Waals surface area contributed by atoms with Crippen LogP contribution >= 0.6 is 11.3 Å². The number of carbonyl (C=O) groups excluding carboxylic acids is 1. The molecule has 0 aliphatic carbocycles. The first-order valence-electron chi connectivity index (χ1n) is 9.83. The van der Waals surface area contributed by atoms with Crippen molar-refractivity contribution in [2.24, 2.45) is 5.10 Å². The summed E-state index contributed by atoms with van der Waals surface area (Å²) in [5.41, 5.74) is 1.76. The molecule has 1 N–H and O–H groups in total. The van der Waals surface area contributed by atoms with Gasteiger partial charge in [-0.25, -0.2) is 13.4 Å². The number of nitrogens with one attached hydrogen (secondary N) is 1. The second-order valence-corrected chi connectivity index (χ2v) is 10.4. The van der Waals surface area contributed by atoms with Crippen LogP contribution in [0.2, 0.25) is 0 Å². The fraction of sp³-hybridized carbons (Fsp3) is 0.273. The molecule has 0 bridgehead atoms. The maximum Gasteiger partial charge on any atom is 0.257 e. The van der Waals surface area contributed by atoms with E-state index in [-0.39, 0.29) is 29.4 Å². The largest absolute Gasteiger partial charge is 0.467 e. The minimum atomic E-state index is -3.24. The van der Waals surface area contributed by atoms with Crippen molar-refractivity contribution in [3.8, 4) is 0 Å². The molecule has 3 heterocycles. The summed E-state index contributed by atoms with van der Waals surface area (Å²) in [6.45, 7) is 2.02. The summed E-state index contributed by atoms with van der Waals surface area (Å²) in [6.07, 6.45) is 3.38. The van der Waals surface area contributed by atoms with Crippen molar-refractivity contribution in [3.63, 3.8) is 0 Å². The van der Waals surface area contributed by atoms with Gasteiger partial charge in [-0.3, -0.25) is 4.79 Å². The summed E-state index contributed by atoms with van der Waals surface area (Å²) < 4.78 is 28.8. The number of hydrazone groups is 1. The molecule has 0 spiro atoms. The Hall–Kier alpha value is -2.75. The molecule has 2 atom stereocenters. The normalized spacial score (nSPS) is 17.5. The SMILES string of the molecule is C[C@@H](NCC(=O)N1N=C(c2cccs2)C[C@H]1c1ccco1)c1ccc(S(C)(=O)=O)cc1. The molecule has 162 valence electrons. The van der Waals surface area contributed by atoms with E-state index < -0.39 is 9.84 Å². The zero-order chi connectivity index (χ0) is 22.0. The second-order valence-electron chi connectivity index (χ2n) is 7.44. The van der Waals surface area contributed by atoms with Gasteiger partial charge in [-0.2, -0.15) is 5.10 Å². The topological polar surface area (TPSA) is 92.0 Å². The van der Waals surface area contributed by atoms with Crippen LogP contribution < -0.4 is 5.32 Å². The molecular formula is C22H23N3O4S2. The Balaban J connectivity index is 1.45. The minimum Gasteiger partial charge on any atom is -0.467 e. The zero-order valence-electron chi connectivity index (χ0n) is 17.2. The lowest BCUT2D eigenvalue weighted by Gasteiger charge is -2.21. The van der Waals surface area contributed by atoms with Crippen LogP contribution in [0, 0.1) is 0 Å². The fourth-order valence-electron chi connectivity index (χ4n) is 3.48. The Morgan fingerprint density at radius 1 is 1.26 bits per heavy atom. The molecule has 0 saturated carbocycles. The molecule has 0 fully saturated rings. The van der Waals surface area contributed by atoms with Gasteiger partial charge in [0, 0.05) is 18.7 Å². The monoisotopic (exact) mass is 457 g/mol. The number of sulfone groups is 1. The van der Waals surface area contributed by atoms with E-state index in [0.717, 1.165) is 16.2 Å². The molecule has 0 radical (unpaired) electrons. The van der Waals surface area contributed by atoms with Gasteiger partial charge in [0.15, 0.2) is 9.84 Å². The predicted molar refractivity (Wildman–Crippen MR) is 120 cm³/mol. The number of hydrogen-bond acceptors (Lipinski definition) is 7. The molecular weight excluding hydrogens is 434 g/mol. The van der Waals surface area contributed by atoms with Crippen molar-refractivity contribution >= 4 is 32.8 Å². The quantitative estimate of drug-likeness (QED) is 0.583. The summed E-state index contributed by atoms with van der Waals surface area (Å²) in [6, 6.07) is 13.9. The fourth-order valence-corrected chi connectivity index (χ4v) is 4.83. The Labute approximate surface area is 185 Å². The molecule has 0 unspecified atom stereocenters. The molecule has 2 aromatic heterocycles. The van der Waals surface area contributed by atoms with Crippen LogP contribution in [0.5, 0.6) is 0 Å². The molecule has 0 saturated heterocycles. The lowest BCUT2D eigenvalue weighted by Crippen LogP contribution is -2.36. The smallest absolute Gasteiger partial charge is 0.257 e. The van der Waals surface area contributed by atoms with E-state index in [1.165, 1.54) is 11.3 Å². The van der Waals surface area contributed by atoms with Crippen LogP contribution in [-0.2, 0) is 14.6 Å². The summed E-state index contributed by atoms with van der Waals surface area (Å²) >= 11 is 1.59. The Bertz CT molecular complexity index is 1170. The number of rotatable bonds is 7. The molecule has 9 heteroatoms. The zero-order valence-corrected chi connectivity index (χ0v) is 18.8. The summed E-state index contributed by atoms with van der Waals surface area (Å²) in [7, 11) is -3.24. The first-order valence-corrected chi connectivity index (χ1v) is 12.6. The summed E-state index contributed by atoms with van der Waals surface area (Å²) in [4.78, 5) is 14.3. The van der Waals surface area contributed by atoms with E-state index in [2.05, 4.69) is 10.4 Å². The van der Waals surface area contributed by atoms with Crippen LogP contribution in [0.25, 0.3) is 0 Å². The van der Waals surface area contributed by atoms with Gasteiger partial charge in [0.2, 0.25) is 0 Å². The number of amides is 1. The van der Waals surface area contributed by atoms with E-state index in [1.807, 2.05) is 36.6 Å². The van der Waals surface area contributed by atoms with Gasteiger partial charge in [-0.05, 0) is 48.2 Å². The molecule has 7 nitrogen and oxygen atoms in total. The van der Waals surface area contributed by atoms with Crippen molar-refractivity contribution in [2.75, 3.05) is 12.8 Å². The third kappa shape index (κ3) is 4.79. The Kier molecular flexibility index (Phi) is 6.08. The van der Waals surface area contributed by atoms with E-state index in [0.29, 0.717) is 12.2 Å². The lowest BCUT2D eigenvalue weighted by molar-refractivity contribution is -0.132. The number of nitrogens with zero attached hydrogens (tertiary/aromatic N) is 2. The van der Waals surface area contributed by atoms with Gasteiger partial charge in [0.25, 0.3) is 5.91 Å². The highest BCUT2D eigenvalue weighted by atomic mass is 32.2. The number of thiophene rings is 1. The molecule has 1 aliphatic rings. The maximum absolute atomic E-state index is 13.0. The highest BCUT2D eigenvalue weighted by molar-refractivity contribution is 7.90. The molecule has 1 aromatic carbocycles. The first kappa shape index (κ1) is 21.5. The van der Waals surface area contributed by atoms with Crippen molar-refractivity contribution in [3.05, 3.63) is 76.4 Å². The molecule has 1 aliphatic heterocycles. The van der Waals surface area contributed by atoms with Gasteiger partial charge in [-0.15, -0.1) is 11.3 Å². The van der Waals surface area contributed by atoms with Crippen LogP contribution in [-0.4, -0.2) is 37.8 Å². The highest BCUT2D eigenvalue weighted by Gasteiger charge is 2.35. The third-order valence-corrected chi connectivity index (χ3v) is 7.26. The molecule has 1 amide bonds. The lowest BCUT2D eigenvalue weighted by atomic mass is 10.1. The molecule has 4 rings (SSSR count). The molecule has 31 heavy (non-hydrogen) atoms. The third-order valence-electron chi connectivity index (χ3n) is 5.21. The van der Waals surface area contributed by atoms with Crippen LogP contribution in [0.3, 0.4) is 0 Å². The van der Waals surface area contributed by atoms with Gasteiger partial charge in [-0.1, -0.05) is 18.2 Å². The van der Waals surface area contributed by atoms with Crippen LogP contribution in [0.4, 0.5) is 0 Å². The summed E-state index contributed by atoms with van der Waals surface area (Å²) in [5, 5.41) is 11.3. The van der Waals surface area contributed by atoms with E-state index >= 15 is 0 Å². The van der Waals surface area contributed by atoms with Gasteiger partial charge in [0.1, 0.15) is 11.8 Å². The number of benzene rings is 1. The predicted octanol–water partition coefficient (Wildman–Crippen LogP) is 3.77. The average Bonchev–Trinajstić information content (AvgIpc) is 3.51. The Morgan fingerprint density at radius 3 is 2.65 bits per heavy atom. The van der Waals surface area contributed by atoms with Gasteiger partial charge < -0.3 is 9.73 Å². The Morgan fingerprint density at radius 2 is 2.03 bits per heavy atom. The average molecular weight is 458 g/mol. The van der Waals surface area contributed by atoms with Crippen molar-refractivity contribution < 1.29 is 17.6 Å². The van der Waals surface area contributed by atoms with Crippen molar-refractivity contribution in [1.82, 2.24) is 10.3 Å². The van der Waals surface area contributed by atoms with Crippen LogP contribution in [0.15, 0.2) is 74.6 Å². The molecule has 3 aromatic rings. The van der Waals surface area contributed by atoms with E-state index in [9.17, 15) is 13.2 Å². The number of furan rings is 1. The standard InChI is InChI=1S/C22H23N3O4S2/c1-15(16-7-9-17(10-8-16)31(2,27)28)23-14-22(26)25-19(20-5-3-11-29-20)13-18(24-25)21-6-4-12-30-21/h3-12,15,19,23H,13-14H2,1-2H3/t15-,19+/m1/s1. The summed E-state index contributed by atoms with van der Waals surface area (Å²) in [5.74, 6) is 0.542. The number of carbonyl (C=O) groups is 1. The van der Waals surface area contributed by atoms with Crippen molar-refractivity contribution in [2.45, 2.75) is 30.3 Å². The van der Waals surface area contributed by atoms with Gasteiger partial charge >= 0.3 is 0 Å². The second kappa shape index (κ2) is 8.78. The minimum absolute atomic E-state index is 0.0907. The maximum atomic E-state index is 13.0. The van der Waals surface area contributed by atoms with Crippen LogP contribution in [0.1, 0.15) is 41.6 Å². The first-order chi connectivity index (χ1) is 14.8. The van der Waals surface area contributed by atoms with Crippen molar-refractivity contribution in [1.29, 1.82) is 0 Å². The van der Waals surface area contributed by atoms with Gasteiger partial charge in [0.05, 0.1) is 28.3 Å². The van der Waals surface area contributed by atoms with E-state index in [1.54, 1.807) is 41.9 Å².